The molecule has 4 saturated carbocycles. The van der Waals surface area contributed by atoms with Gasteiger partial charge in [0.25, 0.3) is 0 Å². The van der Waals surface area contributed by atoms with E-state index in [2.05, 4.69) is 16.9 Å². The molecule has 0 bridgehead atoms. The third-order valence-corrected chi connectivity index (χ3v) is 9.24. The lowest BCUT2D eigenvalue weighted by atomic mass is 9.49. The monoisotopic (exact) mass is 375 g/mol. The third-order valence-electron chi connectivity index (χ3n) is 9.24. The van der Waals surface area contributed by atoms with Gasteiger partial charge in [-0.1, -0.05) is 12.0 Å². The SMILES string of the molecule is CCOC[C@@]1(O)CC[C@H]2[C@H](CC[C@@H]3[C@@H]2CC[C@]2(C)[C@@H](CN=[N+]=[N-])CC[C@@H]32)C1. The molecule has 5 nitrogen and oxygen atoms in total. The van der Waals surface area contributed by atoms with Crippen molar-refractivity contribution in [3.05, 3.63) is 10.4 Å². The fourth-order valence-corrected chi connectivity index (χ4v) is 7.93. The average molecular weight is 376 g/mol. The predicted octanol–water partition coefficient (Wildman–Crippen LogP) is 5.33. The van der Waals surface area contributed by atoms with Gasteiger partial charge in [-0.15, -0.1) is 0 Å². The topological polar surface area (TPSA) is 78.2 Å². The quantitative estimate of drug-likeness (QED) is 0.400. The summed E-state index contributed by atoms with van der Waals surface area (Å²) in [5.74, 6) is 4.62. The zero-order valence-electron chi connectivity index (χ0n) is 17.1. The summed E-state index contributed by atoms with van der Waals surface area (Å²) in [5, 5.41) is 14.9. The summed E-state index contributed by atoms with van der Waals surface area (Å²) in [6, 6.07) is 0. The largest absolute Gasteiger partial charge is 0.387 e. The molecule has 4 aliphatic rings. The number of nitrogens with zero attached hydrogens (tertiary/aromatic N) is 3. The Kier molecular flexibility index (Phi) is 5.48. The highest BCUT2D eigenvalue weighted by Gasteiger charge is 2.57. The molecule has 0 saturated heterocycles. The van der Waals surface area contributed by atoms with Crippen molar-refractivity contribution in [3.8, 4) is 0 Å². The first-order chi connectivity index (χ1) is 13.0. The highest BCUT2D eigenvalue weighted by Crippen LogP contribution is 2.64. The first kappa shape index (κ1) is 19.5. The second-order valence-corrected chi connectivity index (χ2v) is 10.3. The van der Waals surface area contributed by atoms with Gasteiger partial charge in [-0.3, -0.25) is 0 Å². The molecule has 0 aliphatic heterocycles. The summed E-state index contributed by atoms with van der Waals surface area (Å²) in [6.07, 6.45) is 10.9. The average Bonchev–Trinajstić information content (AvgIpc) is 3.00. The lowest BCUT2D eigenvalue weighted by Crippen LogP contribution is -2.52. The minimum Gasteiger partial charge on any atom is -0.387 e. The molecule has 152 valence electrons. The van der Waals surface area contributed by atoms with Crippen molar-refractivity contribution in [1.82, 2.24) is 0 Å². The van der Waals surface area contributed by atoms with E-state index in [1.807, 2.05) is 6.92 Å². The van der Waals surface area contributed by atoms with Gasteiger partial charge in [0.2, 0.25) is 0 Å². The number of hydrogen-bond acceptors (Lipinski definition) is 3. The van der Waals surface area contributed by atoms with E-state index < -0.39 is 5.60 Å². The van der Waals surface area contributed by atoms with Gasteiger partial charge >= 0.3 is 0 Å². The molecule has 0 aromatic rings. The van der Waals surface area contributed by atoms with E-state index in [-0.39, 0.29) is 0 Å². The molecule has 0 heterocycles. The zero-order chi connectivity index (χ0) is 19.1. The van der Waals surface area contributed by atoms with Gasteiger partial charge in [0.05, 0.1) is 12.2 Å². The van der Waals surface area contributed by atoms with Gasteiger partial charge in [-0.25, -0.2) is 0 Å². The number of fused-ring (bicyclic) bond motifs is 5. The van der Waals surface area contributed by atoms with Crippen molar-refractivity contribution in [1.29, 1.82) is 0 Å². The van der Waals surface area contributed by atoms with E-state index in [0.29, 0.717) is 37.0 Å². The molecule has 0 aromatic carbocycles. The Labute approximate surface area is 163 Å². The maximum atomic E-state index is 11.0. The second kappa shape index (κ2) is 7.57. The van der Waals surface area contributed by atoms with Crippen molar-refractivity contribution < 1.29 is 9.84 Å². The maximum absolute atomic E-state index is 11.0. The van der Waals surface area contributed by atoms with Crippen molar-refractivity contribution in [3.63, 3.8) is 0 Å². The molecular weight excluding hydrogens is 338 g/mol. The summed E-state index contributed by atoms with van der Waals surface area (Å²) in [6.45, 7) is 6.40. The number of ether oxygens (including phenoxy) is 1. The summed E-state index contributed by atoms with van der Waals surface area (Å²) in [7, 11) is 0. The number of rotatable bonds is 5. The summed E-state index contributed by atoms with van der Waals surface area (Å²) >= 11 is 0. The summed E-state index contributed by atoms with van der Waals surface area (Å²) < 4.78 is 5.59. The van der Waals surface area contributed by atoms with E-state index >= 15 is 0 Å². The molecule has 0 aromatic heterocycles. The Morgan fingerprint density at radius 1 is 1.07 bits per heavy atom. The van der Waals surface area contributed by atoms with Crippen LogP contribution in [0.4, 0.5) is 0 Å². The fraction of sp³-hybridized carbons (Fsp3) is 1.00. The van der Waals surface area contributed by atoms with Crippen molar-refractivity contribution >= 4 is 0 Å². The van der Waals surface area contributed by atoms with E-state index in [4.69, 9.17) is 10.3 Å². The summed E-state index contributed by atoms with van der Waals surface area (Å²) in [5.41, 5.74) is 8.55. The van der Waals surface area contributed by atoms with Gasteiger partial charge in [0.1, 0.15) is 0 Å². The Bertz CT molecular complexity index is 592. The van der Waals surface area contributed by atoms with Crippen molar-refractivity contribution in [2.45, 2.75) is 77.2 Å². The molecule has 0 unspecified atom stereocenters. The lowest BCUT2D eigenvalue weighted by Gasteiger charge is -2.57. The number of azide groups is 1. The zero-order valence-corrected chi connectivity index (χ0v) is 17.1. The Morgan fingerprint density at radius 3 is 2.67 bits per heavy atom. The van der Waals surface area contributed by atoms with Crippen LogP contribution < -0.4 is 0 Å². The Balaban J connectivity index is 1.45. The molecule has 1 N–H and O–H groups in total. The molecule has 4 rings (SSSR count). The van der Waals surface area contributed by atoms with Crippen LogP contribution in [0.15, 0.2) is 5.11 Å². The highest BCUT2D eigenvalue weighted by molar-refractivity contribution is 5.07. The number of aliphatic hydroxyl groups is 1. The molecule has 8 atom stereocenters. The first-order valence-corrected chi connectivity index (χ1v) is 11.3. The van der Waals surface area contributed by atoms with Gasteiger partial charge < -0.3 is 9.84 Å². The Hall–Kier alpha value is -0.770. The first-order valence-electron chi connectivity index (χ1n) is 11.3. The minimum atomic E-state index is -0.582. The van der Waals surface area contributed by atoms with Crippen molar-refractivity contribution in [2.75, 3.05) is 19.8 Å². The fourth-order valence-electron chi connectivity index (χ4n) is 7.93. The minimum absolute atomic E-state index is 0.382. The van der Waals surface area contributed by atoms with Crippen LogP contribution in [0, 0.1) is 40.9 Å². The van der Waals surface area contributed by atoms with Gasteiger partial charge in [0.15, 0.2) is 0 Å². The maximum Gasteiger partial charge on any atom is 0.0883 e. The van der Waals surface area contributed by atoms with E-state index in [1.54, 1.807) is 0 Å². The number of hydrogen-bond donors (Lipinski definition) is 1. The normalized spacial score (nSPS) is 48.9. The predicted molar refractivity (Wildman–Crippen MR) is 106 cm³/mol. The third kappa shape index (κ3) is 3.41. The van der Waals surface area contributed by atoms with Gasteiger partial charge in [0, 0.05) is 18.1 Å². The van der Waals surface area contributed by atoms with E-state index in [9.17, 15) is 5.11 Å². The van der Waals surface area contributed by atoms with Crippen LogP contribution in [-0.2, 0) is 4.74 Å². The highest BCUT2D eigenvalue weighted by atomic mass is 16.5. The van der Waals surface area contributed by atoms with Gasteiger partial charge in [-0.05, 0) is 111 Å². The molecule has 0 amide bonds. The summed E-state index contributed by atoms with van der Waals surface area (Å²) in [4.78, 5) is 3.03. The van der Waals surface area contributed by atoms with Crippen LogP contribution in [0.25, 0.3) is 10.4 Å². The second-order valence-electron chi connectivity index (χ2n) is 10.3. The van der Waals surface area contributed by atoms with E-state index in [0.717, 1.165) is 36.5 Å². The van der Waals surface area contributed by atoms with Crippen molar-refractivity contribution in [2.24, 2.45) is 46.0 Å². The van der Waals surface area contributed by atoms with Crippen LogP contribution in [0.5, 0.6) is 0 Å². The standard InChI is InChI=1S/C22H37N3O2/c1-3-27-14-22(26)11-9-17-15(12-22)4-6-19-18(17)8-10-21(2)16(13-24-25-23)5-7-20(19)21/h15-20,26H,3-14H2,1-2H3/t15-,16-,17+,18-,19-,20+,21-,22-/m1/s1. The Morgan fingerprint density at radius 2 is 1.89 bits per heavy atom. The van der Waals surface area contributed by atoms with Gasteiger partial charge in [-0.2, -0.15) is 0 Å². The molecule has 4 fully saturated rings. The van der Waals surface area contributed by atoms with Crippen LogP contribution in [-0.4, -0.2) is 30.5 Å². The molecular formula is C22H37N3O2. The molecule has 4 aliphatic carbocycles. The lowest BCUT2D eigenvalue weighted by molar-refractivity contribution is -0.128. The molecule has 0 radical (unpaired) electrons. The van der Waals surface area contributed by atoms with Crippen LogP contribution in [0.1, 0.15) is 71.6 Å². The molecule has 5 heteroatoms. The van der Waals surface area contributed by atoms with E-state index in [1.165, 1.54) is 44.9 Å². The van der Waals surface area contributed by atoms with Crippen LogP contribution in [0.2, 0.25) is 0 Å². The smallest absolute Gasteiger partial charge is 0.0883 e. The van der Waals surface area contributed by atoms with Crippen LogP contribution in [0.3, 0.4) is 0 Å². The van der Waals surface area contributed by atoms with Crippen LogP contribution >= 0.6 is 0 Å². The molecule has 0 spiro atoms. The molecule has 27 heavy (non-hydrogen) atoms.